The van der Waals surface area contributed by atoms with Crippen LogP contribution in [0.15, 0.2) is 18.3 Å². The van der Waals surface area contributed by atoms with Crippen molar-refractivity contribution in [1.29, 1.82) is 5.26 Å². The van der Waals surface area contributed by atoms with Crippen LogP contribution in [-0.2, 0) is 0 Å². The fraction of sp³-hybridized carbons (Fsp3) is 0.333. The monoisotopic (exact) mass is 176 g/mol. The maximum Gasteiger partial charge on any atom is 0.128 e. The Kier molecular flexibility index (Phi) is 3.09. The van der Waals surface area contributed by atoms with Crippen molar-refractivity contribution in [1.82, 2.24) is 4.98 Å². The number of hydrogen-bond acceptors (Lipinski definition) is 4. The lowest BCUT2D eigenvalue weighted by molar-refractivity contribution is 0.885. The maximum atomic E-state index is 8.39. The van der Waals surface area contributed by atoms with Crippen molar-refractivity contribution < 1.29 is 0 Å². The summed E-state index contributed by atoms with van der Waals surface area (Å²) in [4.78, 5) is 6.04. The third-order valence-electron chi connectivity index (χ3n) is 1.72. The minimum atomic E-state index is 0.503. The molecule has 0 fully saturated rings. The lowest BCUT2D eigenvalue weighted by Crippen LogP contribution is -2.19. The second-order valence-corrected chi connectivity index (χ2v) is 2.78. The molecule has 4 heteroatoms. The van der Waals surface area contributed by atoms with Crippen LogP contribution in [-0.4, -0.2) is 18.6 Å². The van der Waals surface area contributed by atoms with Crippen LogP contribution in [0.25, 0.3) is 0 Å². The Bertz CT molecular complexity index is 298. The molecule has 0 radical (unpaired) electrons. The number of nitrogen functional groups attached to an aromatic ring is 1. The van der Waals surface area contributed by atoms with Crippen molar-refractivity contribution in [3.63, 3.8) is 0 Å². The lowest BCUT2D eigenvalue weighted by atomic mass is 10.3. The quantitative estimate of drug-likeness (QED) is 0.746. The van der Waals surface area contributed by atoms with E-state index in [-0.39, 0.29) is 0 Å². The molecule has 1 aromatic heterocycles. The van der Waals surface area contributed by atoms with Gasteiger partial charge >= 0.3 is 0 Å². The molecule has 0 aromatic carbocycles. The number of pyridine rings is 1. The minimum absolute atomic E-state index is 0.503. The minimum Gasteiger partial charge on any atom is -0.397 e. The highest BCUT2D eigenvalue weighted by molar-refractivity contribution is 5.45. The molecule has 0 atom stereocenters. The number of rotatable bonds is 3. The predicted molar refractivity (Wildman–Crippen MR) is 52.1 cm³/mol. The van der Waals surface area contributed by atoms with E-state index < -0.39 is 0 Å². The Morgan fingerprint density at radius 3 is 2.92 bits per heavy atom. The fourth-order valence-electron chi connectivity index (χ4n) is 0.956. The summed E-state index contributed by atoms with van der Waals surface area (Å²) in [5.41, 5.74) is 6.14. The van der Waals surface area contributed by atoms with E-state index in [4.69, 9.17) is 11.0 Å². The summed E-state index contributed by atoms with van der Waals surface area (Å²) in [6.45, 7) is 0.688. The fourth-order valence-corrected chi connectivity index (χ4v) is 0.956. The molecule has 0 saturated carbocycles. The summed E-state index contributed by atoms with van der Waals surface area (Å²) in [5, 5.41) is 8.39. The Labute approximate surface area is 77.6 Å². The van der Waals surface area contributed by atoms with E-state index in [0.29, 0.717) is 18.7 Å². The molecular weight excluding hydrogens is 164 g/mol. The third-order valence-corrected chi connectivity index (χ3v) is 1.72. The first-order valence-electron chi connectivity index (χ1n) is 4.03. The largest absolute Gasteiger partial charge is 0.397 e. The van der Waals surface area contributed by atoms with E-state index in [1.807, 2.05) is 18.0 Å². The number of nitrogens with zero attached hydrogens (tertiary/aromatic N) is 3. The predicted octanol–water partition coefficient (Wildman–Crippen LogP) is 1.01. The van der Waals surface area contributed by atoms with Crippen molar-refractivity contribution in [3.8, 4) is 6.07 Å². The molecule has 0 aliphatic rings. The Morgan fingerprint density at radius 1 is 1.62 bits per heavy atom. The van der Waals surface area contributed by atoms with Crippen LogP contribution in [0.4, 0.5) is 11.5 Å². The van der Waals surface area contributed by atoms with Crippen molar-refractivity contribution >= 4 is 11.5 Å². The van der Waals surface area contributed by atoms with Gasteiger partial charge in [-0.15, -0.1) is 0 Å². The van der Waals surface area contributed by atoms with Crippen molar-refractivity contribution in [3.05, 3.63) is 18.3 Å². The normalized spacial score (nSPS) is 9.23. The number of hydrogen-bond donors (Lipinski definition) is 1. The first-order valence-corrected chi connectivity index (χ1v) is 4.03. The average molecular weight is 176 g/mol. The molecule has 13 heavy (non-hydrogen) atoms. The second kappa shape index (κ2) is 4.31. The number of nitrogens with two attached hydrogens (primary N) is 1. The molecule has 0 bridgehead atoms. The highest BCUT2D eigenvalue weighted by Gasteiger charge is 2.00. The molecule has 2 N–H and O–H groups in total. The molecule has 0 amide bonds. The number of nitriles is 1. The van der Waals surface area contributed by atoms with Gasteiger partial charge in [-0.05, 0) is 12.1 Å². The topological polar surface area (TPSA) is 65.9 Å². The van der Waals surface area contributed by atoms with Gasteiger partial charge in [0.05, 0.1) is 24.4 Å². The highest BCUT2D eigenvalue weighted by Crippen LogP contribution is 2.10. The highest BCUT2D eigenvalue weighted by atomic mass is 15.2. The van der Waals surface area contributed by atoms with Crippen molar-refractivity contribution in [2.45, 2.75) is 6.42 Å². The molecule has 1 heterocycles. The molecule has 4 nitrogen and oxygen atoms in total. The summed E-state index contributed by atoms with van der Waals surface area (Å²) >= 11 is 0. The van der Waals surface area contributed by atoms with E-state index >= 15 is 0 Å². The molecule has 68 valence electrons. The molecule has 0 aliphatic heterocycles. The van der Waals surface area contributed by atoms with Crippen LogP contribution in [0.5, 0.6) is 0 Å². The molecule has 0 saturated heterocycles. The van der Waals surface area contributed by atoms with E-state index in [9.17, 15) is 0 Å². The van der Waals surface area contributed by atoms with Crippen LogP contribution in [0.1, 0.15) is 6.42 Å². The average Bonchev–Trinajstić information content (AvgIpc) is 2.15. The zero-order chi connectivity index (χ0) is 9.68. The summed E-state index contributed by atoms with van der Waals surface area (Å²) in [5.74, 6) is 0.837. The summed E-state index contributed by atoms with van der Waals surface area (Å²) in [6, 6.07) is 5.72. The van der Waals surface area contributed by atoms with Crippen LogP contribution >= 0.6 is 0 Å². The van der Waals surface area contributed by atoms with Crippen molar-refractivity contribution in [2.75, 3.05) is 24.2 Å². The Morgan fingerprint density at radius 2 is 2.38 bits per heavy atom. The van der Waals surface area contributed by atoms with E-state index in [1.54, 1.807) is 12.3 Å². The first kappa shape index (κ1) is 9.33. The van der Waals surface area contributed by atoms with Gasteiger partial charge < -0.3 is 10.6 Å². The SMILES string of the molecule is CN(CCC#N)c1ccc(N)cn1. The summed E-state index contributed by atoms with van der Waals surface area (Å²) in [6.07, 6.45) is 2.11. The van der Waals surface area contributed by atoms with E-state index in [0.717, 1.165) is 5.82 Å². The zero-order valence-corrected chi connectivity index (χ0v) is 7.57. The Balaban J connectivity index is 2.62. The van der Waals surface area contributed by atoms with Gasteiger partial charge in [-0.3, -0.25) is 0 Å². The third kappa shape index (κ3) is 2.64. The standard InChI is InChI=1S/C9H12N4/c1-13(6-2-5-10)9-4-3-8(11)7-12-9/h3-4,7H,2,6,11H2,1H3. The summed E-state index contributed by atoms with van der Waals surface area (Å²) in [7, 11) is 1.90. The zero-order valence-electron chi connectivity index (χ0n) is 7.57. The Hall–Kier alpha value is -1.76. The number of aromatic nitrogens is 1. The van der Waals surface area contributed by atoms with Crippen LogP contribution in [0, 0.1) is 11.3 Å². The van der Waals surface area contributed by atoms with Gasteiger partial charge in [0.25, 0.3) is 0 Å². The molecule has 1 aromatic rings. The van der Waals surface area contributed by atoms with Crippen LogP contribution in [0.2, 0.25) is 0 Å². The molecule has 0 aliphatic carbocycles. The van der Waals surface area contributed by atoms with Gasteiger partial charge in [0.15, 0.2) is 0 Å². The molecule has 1 rings (SSSR count). The molecular formula is C9H12N4. The van der Waals surface area contributed by atoms with E-state index in [2.05, 4.69) is 11.1 Å². The smallest absolute Gasteiger partial charge is 0.128 e. The van der Waals surface area contributed by atoms with Crippen LogP contribution < -0.4 is 10.6 Å². The van der Waals surface area contributed by atoms with Gasteiger partial charge in [-0.2, -0.15) is 5.26 Å². The lowest BCUT2D eigenvalue weighted by Gasteiger charge is -2.15. The van der Waals surface area contributed by atoms with Gasteiger partial charge in [-0.25, -0.2) is 4.98 Å². The maximum absolute atomic E-state index is 8.39. The summed E-state index contributed by atoms with van der Waals surface area (Å²) < 4.78 is 0. The van der Waals surface area contributed by atoms with E-state index in [1.165, 1.54) is 0 Å². The second-order valence-electron chi connectivity index (χ2n) is 2.78. The molecule has 0 spiro atoms. The van der Waals surface area contributed by atoms with Gasteiger partial charge in [0.2, 0.25) is 0 Å². The van der Waals surface area contributed by atoms with Gasteiger partial charge in [0.1, 0.15) is 5.82 Å². The van der Waals surface area contributed by atoms with Gasteiger partial charge in [0, 0.05) is 13.6 Å². The molecule has 0 unspecified atom stereocenters. The van der Waals surface area contributed by atoms with Crippen molar-refractivity contribution in [2.24, 2.45) is 0 Å². The van der Waals surface area contributed by atoms with Gasteiger partial charge in [-0.1, -0.05) is 0 Å². The first-order chi connectivity index (χ1) is 6.24. The van der Waals surface area contributed by atoms with Crippen LogP contribution in [0.3, 0.4) is 0 Å². The number of anilines is 2.